The number of nitrogens with zero attached hydrogens (tertiary/aromatic N) is 4. The highest BCUT2D eigenvalue weighted by molar-refractivity contribution is 5.63. The van der Waals surface area contributed by atoms with Crippen LogP contribution in [0.15, 0.2) is 18.2 Å². The summed E-state index contributed by atoms with van der Waals surface area (Å²) in [6.07, 6.45) is 1.06. The van der Waals surface area contributed by atoms with Crippen molar-refractivity contribution in [2.24, 2.45) is 5.92 Å². The molecule has 2 heterocycles. The van der Waals surface area contributed by atoms with Crippen LogP contribution in [0, 0.1) is 12.8 Å². The predicted octanol–water partition coefficient (Wildman–Crippen LogP) is 1.83. The molecule has 0 spiro atoms. The number of anilines is 1. The Bertz CT molecular complexity index is 603. The number of aryl methyl sites for hydroxylation is 1. The fourth-order valence-corrected chi connectivity index (χ4v) is 2.72. The van der Waals surface area contributed by atoms with Gasteiger partial charge < -0.3 is 10.5 Å². The standard InChI is InChI=1S/C14H19N5O/c1-9-7-12(15)3-4-13(9)14-16-17-18-19(14)10(2)11-5-6-20-8-11/h3-4,7,10-11H,5-6,8,15H2,1-2H3. The maximum absolute atomic E-state index is 5.80. The highest BCUT2D eigenvalue weighted by atomic mass is 16.5. The van der Waals surface area contributed by atoms with Crippen LogP contribution in [0.3, 0.4) is 0 Å². The van der Waals surface area contributed by atoms with Gasteiger partial charge in [0.05, 0.1) is 12.6 Å². The molecule has 106 valence electrons. The molecular weight excluding hydrogens is 254 g/mol. The average molecular weight is 273 g/mol. The van der Waals surface area contributed by atoms with Crippen LogP contribution in [-0.2, 0) is 4.74 Å². The molecule has 1 saturated heterocycles. The van der Waals surface area contributed by atoms with E-state index in [0.717, 1.165) is 42.3 Å². The van der Waals surface area contributed by atoms with E-state index in [1.807, 2.05) is 29.8 Å². The van der Waals surface area contributed by atoms with Gasteiger partial charge in [-0.3, -0.25) is 0 Å². The van der Waals surface area contributed by atoms with Gasteiger partial charge in [-0.25, -0.2) is 4.68 Å². The van der Waals surface area contributed by atoms with E-state index in [1.165, 1.54) is 0 Å². The number of nitrogens with two attached hydrogens (primary N) is 1. The Balaban J connectivity index is 1.97. The second-order valence-electron chi connectivity index (χ2n) is 5.39. The highest BCUT2D eigenvalue weighted by Crippen LogP contribution is 2.30. The van der Waals surface area contributed by atoms with Crippen molar-refractivity contribution in [3.8, 4) is 11.4 Å². The van der Waals surface area contributed by atoms with Crippen LogP contribution >= 0.6 is 0 Å². The molecular formula is C14H19N5O. The first-order chi connectivity index (χ1) is 9.66. The van der Waals surface area contributed by atoms with Crippen LogP contribution in [0.4, 0.5) is 5.69 Å². The molecule has 0 aliphatic carbocycles. The van der Waals surface area contributed by atoms with Crippen LogP contribution in [-0.4, -0.2) is 33.4 Å². The third-order valence-electron chi connectivity index (χ3n) is 4.02. The van der Waals surface area contributed by atoms with E-state index in [2.05, 4.69) is 22.4 Å². The molecule has 2 atom stereocenters. The summed E-state index contributed by atoms with van der Waals surface area (Å²) >= 11 is 0. The Labute approximate surface area is 117 Å². The van der Waals surface area contributed by atoms with Crippen molar-refractivity contribution in [1.29, 1.82) is 0 Å². The first-order valence-electron chi connectivity index (χ1n) is 6.89. The second kappa shape index (κ2) is 5.20. The number of aromatic nitrogens is 4. The van der Waals surface area contributed by atoms with Crippen LogP contribution < -0.4 is 5.73 Å². The topological polar surface area (TPSA) is 78.9 Å². The summed E-state index contributed by atoms with van der Waals surface area (Å²) < 4.78 is 7.36. The molecule has 1 aliphatic heterocycles. The van der Waals surface area contributed by atoms with E-state index in [-0.39, 0.29) is 6.04 Å². The third kappa shape index (κ3) is 2.27. The van der Waals surface area contributed by atoms with Gasteiger partial charge in [0.2, 0.25) is 0 Å². The molecule has 6 heteroatoms. The van der Waals surface area contributed by atoms with Crippen molar-refractivity contribution in [3.05, 3.63) is 23.8 Å². The fraction of sp³-hybridized carbons (Fsp3) is 0.500. The van der Waals surface area contributed by atoms with Gasteiger partial charge >= 0.3 is 0 Å². The van der Waals surface area contributed by atoms with Crippen molar-refractivity contribution < 1.29 is 4.74 Å². The van der Waals surface area contributed by atoms with E-state index in [9.17, 15) is 0 Å². The van der Waals surface area contributed by atoms with Crippen LogP contribution in [0.1, 0.15) is 24.9 Å². The number of nitrogen functional groups attached to an aromatic ring is 1. The van der Waals surface area contributed by atoms with Crippen molar-refractivity contribution in [1.82, 2.24) is 20.2 Å². The molecule has 3 rings (SSSR count). The number of tetrazole rings is 1. The normalized spacial score (nSPS) is 20.2. The zero-order valence-electron chi connectivity index (χ0n) is 11.8. The third-order valence-corrected chi connectivity index (χ3v) is 4.02. The number of rotatable bonds is 3. The average Bonchev–Trinajstić information content (AvgIpc) is 3.09. The van der Waals surface area contributed by atoms with Gasteiger partial charge in [-0.15, -0.1) is 5.10 Å². The quantitative estimate of drug-likeness (QED) is 0.863. The molecule has 6 nitrogen and oxygen atoms in total. The largest absolute Gasteiger partial charge is 0.399 e. The predicted molar refractivity (Wildman–Crippen MR) is 76.0 cm³/mol. The van der Waals surface area contributed by atoms with Crippen LogP contribution in [0.2, 0.25) is 0 Å². The smallest absolute Gasteiger partial charge is 0.182 e. The van der Waals surface area contributed by atoms with E-state index in [1.54, 1.807) is 0 Å². The molecule has 0 amide bonds. The lowest BCUT2D eigenvalue weighted by molar-refractivity contribution is 0.173. The molecule has 2 unspecified atom stereocenters. The minimum absolute atomic E-state index is 0.222. The molecule has 0 saturated carbocycles. The van der Waals surface area contributed by atoms with Gasteiger partial charge in [0.1, 0.15) is 0 Å². The van der Waals surface area contributed by atoms with Crippen molar-refractivity contribution in [2.45, 2.75) is 26.3 Å². The maximum atomic E-state index is 5.80. The van der Waals surface area contributed by atoms with Crippen molar-refractivity contribution in [3.63, 3.8) is 0 Å². The van der Waals surface area contributed by atoms with Gasteiger partial charge in [-0.1, -0.05) is 0 Å². The lowest BCUT2D eigenvalue weighted by Crippen LogP contribution is -2.19. The Hall–Kier alpha value is -1.95. The SMILES string of the molecule is Cc1cc(N)ccc1-c1nnnn1C(C)C1CCOC1. The second-order valence-corrected chi connectivity index (χ2v) is 5.39. The van der Waals surface area contributed by atoms with Crippen LogP contribution in [0.5, 0.6) is 0 Å². The molecule has 2 aromatic rings. The number of hydrogen-bond donors (Lipinski definition) is 1. The Morgan fingerprint density at radius 3 is 3.00 bits per heavy atom. The van der Waals surface area contributed by atoms with Crippen molar-refractivity contribution >= 4 is 5.69 Å². The summed E-state index contributed by atoms with van der Waals surface area (Å²) in [4.78, 5) is 0. The lowest BCUT2D eigenvalue weighted by Gasteiger charge is -2.19. The van der Waals surface area contributed by atoms with Crippen molar-refractivity contribution in [2.75, 3.05) is 18.9 Å². The molecule has 20 heavy (non-hydrogen) atoms. The molecule has 0 radical (unpaired) electrons. The minimum atomic E-state index is 0.222. The monoisotopic (exact) mass is 273 g/mol. The first-order valence-corrected chi connectivity index (χ1v) is 6.89. The molecule has 1 fully saturated rings. The Kier molecular flexibility index (Phi) is 3.40. The van der Waals surface area contributed by atoms with E-state index in [4.69, 9.17) is 10.5 Å². The zero-order valence-corrected chi connectivity index (χ0v) is 11.8. The van der Waals surface area contributed by atoms with Gasteiger partial charge in [-0.05, 0) is 54.5 Å². The number of benzene rings is 1. The van der Waals surface area contributed by atoms with E-state index >= 15 is 0 Å². The van der Waals surface area contributed by atoms with Gasteiger partial charge in [0.25, 0.3) is 0 Å². The molecule has 1 aromatic carbocycles. The molecule has 1 aliphatic rings. The molecule has 2 N–H and O–H groups in total. The zero-order chi connectivity index (χ0) is 14.1. The van der Waals surface area contributed by atoms with Gasteiger partial charge in [0, 0.05) is 23.8 Å². The summed E-state index contributed by atoms with van der Waals surface area (Å²) in [5, 5.41) is 12.2. The molecule has 0 bridgehead atoms. The number of ether oxygens (including phenoxy) is 1. The first kappa shape index (κ1) is 13.1. The summed E-state index contributed by atoms with van der Waals surface area (Å²) in [5.41, 5.74) is 8.66. The van der Waals surface area contributed by atoms with E-state index in [0.29, 0.717) is 5.92 Å². The fourth-order valence-electron chi connectivity index (χ4n) is 2.72. The van der Waals surface area contributed by atoms with Gasteiger partial charge in [0.15, 0.2) is 5.82 Å². The summed E-state index contributed by atoms with van der Waals surface area (Å²) in [6.45, 7) is 5.77. The summed E-state index contributed by atoms with van der Waals surface area (Å²) in [6, 6.07) is 6.02. The van der Waals surface area contributed by atoms with E-state index < -0.39 is 0 Å². The number of hydrogen-bond acceptors (Lipinski definition) is 5. The Morgan fingerprint density at radius 2 is 2.30 bits per heavy atom. The molecule has 1 aromatic heterocycles. The Morgan fingerprint density at radius 1 is 1.45 bits per heavy atom. The highest BCUT2D eigenvalue weighted by Gasteiger charge is 2.27. The summed E-state index contributed by atoms with van der Waals surface area (Å²) in [7, 11) is 0. The van der Waals surface area contributed by atoms with Crippen LogP contribution in [0.25, 0.3) is 11.4 Å². The maximum Gasteiger partial charge on any atom is 0.182 e. The summed E-state index contributed by atoms with van der Waals surface area (Å²) in [5.74, 6) is 1.26. The minimum Gasteiger partial charge on any atom is -0.399 e. The van der Waals surface area contributed by atoms with Gasteiger partial charge in [-0.2, -0.15) is 0 Å². The lowest BCUT2D eigenvalue weighted by atomic mass is 10.00.